The van der Waals surface area contributed by atoms with E-state index in [0.29, 0.717) is 28.8 Å². The Morgan fingerprint density at radius 2 is 2.00 bits per heavy atom. The van der Waals surface area contributed by atoms with E-state index in [4.69, 9.17) is 16.3 Å². The minimum atomic E-state index is -0.576. The summed E-state index contributed by atoms with van der Waals surface area (Å²) in [6.07, 6.45) is 1.20. The number of aliphatic hydroxyl groups is 1. The summed E-state index contributed by atoms with van der Waals surface area (Å²) in [5, 5.41) is 13.8. The minimum absolute atomic E-state index is 0.191. The fraction of sp³-hybridized carbons (Fsp3) is 0.421. The van der Waals surface area contributed by atoms with Crippen molar-refractivity contribution in [2.24, 2.45) is 0 Å². The van der Waals surface area contributed by atoms with E-state index < -0.39 is 6.10 Å². The van der Waals surface area contributed by atoms with E-state index in [0.717, 1.165) is 10.0 Å². The molecule has 0 aliphatic heterocycles. The molecule has 5 nitrogen and oxygen atoms in total. The molecule has 1 heterocycles. The van der Waals surface area contributed by atoms with Gasteiger partial charge in [0.25, 0.3) is 0 Å². The van der Waals surface area contributed by atoms with E-state index in [1.54, 1.807) is 24.4 Å². The number of nitrogens with zero attached hydrogens (tertiary/aromatic N) is 2. The molecule has 0 fully saturated rings. The molecule has 1 unspecified atom stereocenters. The van der Waals surface area contributed by atoms with Crippen LogP contribution in [0, 0.1) is 6.92 Å². The van der Waals surface area contributed by atoms with Gasteiger partial charge < -0.3 is 20.1 Å². The average Bonchev–Trinajstić information content (AvgIpc) is 2.58. The number of pyridine rings is 1. The molecule has 26 heavy (non-hydrogen) atoms. The highest BCUT2D eigenvalue weighted by Crippen LogP contribution is 2.32. The van der Waals surface area contributed by atoms with Gasteiger partial charge in [-0.25, -0.2) is 4.98 Å². The highest BCUT2D eigenvalue weighted by molar-refractivity contribution is 9.10. The number of anilines is 2. The van der Waals surface area contributed by atoms with Crippen molar-refractivity contribution in [1.29, 1.82) is 0 Å². The van der Waals surface area contributed by atoms with E-state index in [2.05, 4.69) is 26.2 Å². The standard InChI is InChI=1S/C17H21BrClN3O2.C2H6/c1-11-6-14(18)17(20-8-11)21-15-7-12(19)4-5-16(15)24-10-13(23)9-22(2)3;1-2/h4-8,13,23H,9-10H2,1-3H3,(H,20,21);1-2H3. The Bertz CT molecular complexity index is 698. The minimum Gasteiger partial charge on any atom is -0.489 e. The van der Waals surface area contributed by atoms with Crippen LogP contribution in [0.1, 0.15) is 19.4 Å². The number of hydrogen-bond donors (Lipinski definition) is 2. The van der Waals surface area contributed by atoms with Gasteiger partial charge in [-0.3, -0.25) is 0 Å². The molecule has 2 N–H and O–H groups in total. The molecule has 0 aliphatic carbocycles. The van der Waals surface area contributed by atoms with Crippen LogP contribution in [0.5, 0.6) is 5.75 Å². The van der Waals surface area contributed by atoms with Gasteiger partial charge in [-0.1, -0.05) is 25.4 Å². The molecule has 2 rings (SSSR count). The molecule has 1 aromatic carbocycles. The molecule has 0 aliphatic rings. The molecular formula is C19H27BrClN3O2. The predicted molar refractivity (Wildman–Crippen MR) is 113 cm³/mol. The topological polar surface area (TPSA) is 57.6 Å². The first kappa shape index (κ1) is 22.7. The molecule has 2 aromatic rings. The third kappa shape index (κ3) is 7.50. The molecule has 0 amide bonds. The van der Waals surface area contributed by atoms with Crippen LogP contribution in [-0.4, -0.2) is 48.3 Å². The zero-order valence-electron chi connectivity index (χ0n) is 15.9. The number of halogens is 2. The smallest absolute Gasteiger partial charge is 0.144 e. The maximum Gasteiger partial charge on any atom is 0.144 e. The van der Waals surface area contributed by atoms with Gasteiger partial charge >= 0.3 is 0 Å². The Hall–Kier alpha value is -1.34. The quantitative estimate of drug-likeness (QED) is 0.637. The molecule has 144 valence electrons. The van der Waals surface area contributed by atoms with Crippen LogP contribution < -0.4 is 10.1 Å². The molecule has 0 saturated carbocycles. The van der Waals surface area contributed by atoms with Crippen LogP contribution in [-0.2, 0) is 0 Å². The lowest BCUT2D eigenvalue weighted by molar-refractivity contribution is 0.0834. The summed E-state index contributed by atoms with van der Waals surface area (Å²) in [7, 11) is 3.80. The number of benzene rings is 1. The Kier molecular flexibility index (Phi) is 9.94. The van der Waals surface area contributed by atoms with Gasteiger partial charge in [-0.2, -0.15) is 0 Å². The summed E-state index contributed by atoms with van der Waals surface area (Å²) in [4.78, 5) is 6.27. The van der Waals surface area contributed by atoms with Crippen molar-refractivity contribution in [3.63, 3.8) is 0 Å². The molecule has 0 saturated heterocycles. The van der Waals surface area contributed by atoms with E-state index in [9.17, 15) is 5.11 Å². The van der Waals surface area contributed by atoms with Crippen molar-refractivity contribution < 1.29 is 9.84 Å². The first-order chi connectivity index (χ1) is 12.3. The van der Waals surface area contributed by atoms with E-state index in [-0.39, 0.29) is 6.61 Å². The molecule has 0 radical (unpaired) electrons. The number of ether oxygens (including phenoxy) is 1. The third-order valence-electron chi connectivity index (χ3n) is 3.18. The monoisotopic (exact) mass is 443 g/mol. The predicted octanol–water partition coefficient (Wildman–Crippen LogP) is 4.88. The van der Waals surface area contributed by atoms with Gasteiger partial charge in [0.15, 0.2) is 0 Å². The SMILES string of the molecule is CC.Cc1cnc(Nc2cc(Cl)ccc2OCC(O)CN(C)C)c(Br)c1. The van der Waals surface area contributed by atoms with E-state index in [1.165, 1.54) is 0 Å². The molecule has 1 aromatic heterocycles. The second kappa shape index (κ2) is 11.4. The second-order valence-corrected chi connectivity index (χ2v) is 7.13. The maximum absolute atomic E-state index is 9.96. The summed E-state index contributed by atoms with van der Waals surface area (Å²) in [5.41, 5.74) is 1.75. The fourth-order valence-electron chi connectivity index (χ4n) is 2.14. The van der Waals surface area contributed by atoms with Gasteiger partial charge in [0.2, 0.25) is 0 Å². The zero-order valence-corrected chi connectivity index (χ0v) is 18.2. The second-order valence-electron chi connectivity index (χ2n) is 5.84. The molecule has 0 spiro atoms. The van der Waals surface area contributed by atoms with E-state index in [1.807, 2.05) is 45.8 Å². The van der Waals surface area contributed by atoms with Crippen molar-refractivity contribution in [3.8, 4) is 5.75 Å². The van der Waals surface area contributed by atoms with Gasteiger partial charge in [0, 0.05) is 17.8 Å². The van der Waals surface area contributed by atoms with Crippen LogP contribution in [0.4, 0.5) is 11.5 Å². The average molecular weight is 445 g/mol. The summed E-state index contributed by atoms with van der Waals surface area (Å²) < 4.78 is 6.60. The maximum atomic E-state index is 9.96. The summed E-state index contributed by atoms with van der Waals surface area (Å²) in [5.74, 6) is 1.27. The summed E-state index contributed by atoms with van der Waals surface area (Å²) >= 11 is 9.59. The highest BCUT2D eigenvalue weighted by Gasteiger charge is 2.11. The Labute approximate surface area is 169 Å². The number of nitrogens with one attached hydrogen (secondary N) is 1. The lowest BCUT2D eigenvalue weighted by atomic mass is 10.2. The number of aromatic nitrogens is 1. The Morgan fingerprint density at radius 1 is 1.31 bits per heavy atom. The fourth-order valence-corrected chi connectivity index (χ4v) is 2.87. The van der Waals surface area contributed by atoms with Crippen LogP contribution in [0.25, 0.3) is 0 Å². The third-order valence-corrected chi connectivity index (χ3v) is 4.02. The van der Waals surface area contributed by atoms with Crippen LogP contribution in [0.15, 0.2) is 34.9 Å². The normalized spacial score (nSPS) is 11.6. The molecule has 7 heteroatoms. The number of aryl methyl sites for hydroxylation is 1. The first-order valence-corrected chi connectivity index (χ1v) is 9.66. The lowest BCUT2D eigenvalue weighted by Gasteiger charge is -2.18. The Morgan fingerprint density at radius 3 is 2.62 bits per heavy atom. The zero-order chi connectivity index (χ0) is 19.7. The Balaban J connectivity index is 0.00000163. The van der Waals surface area contributed by atoms with Crippen LogP contribution in [0.2, 0.25) is 5.02 Å². The van der Waals surface area contributed by atoms with Crippen LogP contribution in [0.3, 0.4) is 0 Å². The molecule has 0 bridgehead atoms. The number of rotatable bonds is 7. The van der Waals surface area contributed by atoms with E-state index >= 15 is 0 Å². The van der Waals surface area contributed by atoms with Crippen LogP contribution >= 0.6 is 27.5 Å². The van der Waals surface area contributed by atoms with Gasteiger partial charge in [-0.15, -0.1) is 0 Å². The molecular weight excluding hydrogens is 418 g/mol. The van der Waals surface area contributed by atoms with Crippen molar-refractivity contribution in [3.05, 3.63) is 45.5 Å². The summed E-state index contributed by atoms with van der Waals surface area (Å²) in [6, 6.07) is 7.26. The highest BCUT2D eigenvalue weighted by atomic mass is 79.9. The number of hydrogen-bond acceptors (Lipinski definition) is 5. The summed E-state index contributed by atoms with van der Waals surface area (Å²) in [6.45, 7) is 6.69. The van der Waals surface area contributed by atoms with Crippen molar-refractivity contribution in [2.45, 2.75) is 26.9 Å². The largest absolute Gasteiger partial charge is 0.489 e. The first-order valence-electron chi connectivity index (χ1n) is 8.49. The van der Waals surface area contributed by atoms with Crippen molar-refractivity contribution in [1.82, 2.24) is 9.88 Å². The lowest BCUT2D eigenvalue weighted by Crippen LogP contribution is -2.30. The number of likely N-dealkylation sites (N-methyl/N-ethyl adjacent to an activating group) is 1. The van der Waals surface area contributed by atoms with Gasteiger partial charge in [0.05, 0.1) is 10.2 Å². The van der Waals surface area contributed by atoms with Crippen molar-refractivity contribution >= 4 is 39.0 Å². The van der Waals surface area contributed by atoms with Gasteiger partial charge in [-0.05, 0) is 66.8 Å². The number of aliphatic hydroxyl groups excluding tert-OH is 1. The van der Waals surface area contributed by atoms with Crippen molar-refractivity contribution in [2.75, 3.05) is 32.6 Å². The van der Waals surface area contributed by atoms with Gasteiger partial charge in [0.1, 0.15) is 24.3 Å². The molecule has 1 atom stereocenters.